The van der Waals surface area contributed by atoms with Gasteiger partial charge in [0.25, 0.3) is 0 Å². The minimum absolute atomic E-state index is 0.0156. The van der Waals surface area contributed by atoms with Crippen LogP contribution in [0.4, 0.5) is 34.1 Å². The summed E-state index contributed by atoms with van der Waals surface area (Å²) < 4.78 is 0. The molecule has 0 aliphatic carbocycles. The molecule has 0 aromatic heterocycles. The first-order chi connectivity index (χ1) is 33.4. The first kappa shape index (κ1) is 43.0. The molecule has 3 aliphatic heterocycles. The first-order valence-corrected chi connectivity index (χ1v) is 25.5. The molecule has 0 atom stereocenters. The van der Waals surface area contributed by atoms with Gasteiger partial charge >= 0.3 is 0 Å². The molecule has 70 heavy (non-hydrogen) atoms. The molecular formula is C66H60B2N2. The number of fused-ring (bicyclic) bond motifs is 12. The summed E-state index contributed by atoms with van der Waals surface area (Å²) in [5, 5.41) is 10.3. The number of anilines is 6. The third-order valence-electron chi connectivity index (χ3n) is 16.4. The molecule has 0 N–H and O–H groups in total. The van der Waals surface area contributed by atoms with E-state index in [1.807, 2.05) is 0 Å². The van der Waals surface area contributed by atoms with Crippen LogP contribution in [-0.2, 0) is 10.8 Å². The molecule has 0 amide bonds. The zero-order valence-corrected chi connectivity index (χ0v) is 42.9. The van der Waals surface area contributed by atoms with Crippen LogP contribution in [0, 0.1) is 41.5 Å². The largest absolute Gasteiger partial charge is 0.307 e. The molecule has 0 radical (unpaired) electrons. The van der Waals surface area contributed by atoms with Crippen molar-refractivity contribution in [2.24, 2.45) is 0 Å². The maximum absolute atomic E-state index is 2.72. The van der Waals surface area contributed by atoms with Crippen LogP contribution in [0.2, 0.25) is 0 Å². The van der Waals surface area contributed by atoms with Gasteiger partial charge in [-0.25, -0.2) is 0 Å². The molecule has 13 rings (SSSR count). The van der Waals surface area contributed by atoms with Crippen LogP contribution in [0.1, 0.15) is 86.1 Å². The molecular weight excluding hydrogens is 842 g/mol. The van der Waals surface area contributed by atoms with Crippen molar-refractivity contribution in [2.45, 2.75) is 93.9 Å². The highest BCUT2D eigenvalue weighted by atomic mass is 15.3. The van der Waals surface area contributed by atoms with Crippen molar-refractivity contribution >= 4 is 123 Å². The van der Waals surface area contributed by atoms with E-state index in [9.17, 15) is 0 Å². The van der Waals surface area contributed by atoms with E-state index >= 15 is 0 Å². The summed E-state index contributed by atoms with van der Waals surface area (Å²) in [5.41, 5.74) is 26.6. The van der Waals surface area contributed by atoms with Crippen LogP contribution < -0.4 is 42.6 Å². The van der Waals surface area contributed by atoms with Crippen LogP contribution in [0.3, 0.4) is 0 Å². The molecule has 0 saturated heterocycles. The highest BCUT2D eigenvalue weighted by Gasteiger charge is 2.48. The van der Waals surface area contributed by atoms with Gasteiger partial charge in [0.1, 0.15) is 0 Å². The number of rotatable bonds is 2. The van der Waals surface area contributed by atoms with E-state index in [-0.39, 0.29) is 24.3 Å². The predicted molar refractivity (Wildman–Crippen MR) is 307 cm³/mol. The number of nitrogens with zero attached hydrogens (tertiary/aromatic N) is 2. The van der Waals surface area contributed by atoms with Gasteiger partial charge in [-0.15, -0.1) is 0 Å². The zero-order chi connectivity index (χ0) is 48.4. The molecule has 4 heteroatoms. The van der Waals surface area contributed by atoms with E-state index in [1.54, 1.807) is 0 Å². The lowest BCUT2D eigenvalue weighted by Gasteiger charge is -2.50. The summed E-state index contributed by atoms with van der Waals surface area (Å²) in [7, 11) is 0. The lowest BCUT2D eigenvalue weighted by molar-refractivity contribution is 0.591. The Bertz CT molecular complexity index is 3650. The number of benzene rings is 10. The summed E-state index contributed by atoms with van der Waals surface area (Å²) in [6, 6.07) is 57.7. The fourth-order valence-corrected chi connectivity index (χ4v) is 13.4. The molecule has 0 fully saturated rings. The predicted octanol–water partition coefficient (Wildman–Crippen LogP) is 13.7. The number of aryl methyl sites for hydroxylation is 6. The highest BCUT2D eigenvalue weighted by molar-refractivity contribution is 7.01. The molecule has 3 heterocycles. The van der Waals surface area contributed by atoms with Crippen molar-refractivity contribution < 1.29 is 0 Å². The van der Waals surface area contributed by atoms with Gasteiger partial charge in [0, 0.05) is 11.4 Å². The molecule has 0 saturated carbocycles. The van der Waals surface area contributed by atoms with E-state index in [4.69, 9.17) is 0 Å². The molecule has 3 aliphatic rings. The average Bonchev–Trinajstić information content (AvgIpc) is 3.30. The zero-order valence-electron chi connectivity index (χ0n) is 42.9. The Labute approximate surface area is 415 Å². The summed E-state index contributed by atoms with van der Waals surface area (Å²) >= 11 is 0. The molecule has 0 unspecified atom stereocenters. The van der Waals surface area contributed by atoms with E-state index in [2.05, 4.69) is 238 Å². The van der Waals surface area contributed by atoms with E-state index < -0.39 is 0 Å². The van der Waals surface area contributed by atoms with Crippen LogP contribution in [0.15, 0.2) is 146 Å². The van der Waals surface area contributed by atoms with Crippen LogP contribution in [-0.4, -0.2) is 13.4 Å². The van der Waals surface area contributed by atoms with Crippen LogP contribution in [0.25, 0.3) is 43.1 Å². The second-order valence-corrected chi connectivity index (χ2v) is 23.4. The Hall–Kier alpha value is -7.03. The van der Waals surface area contributed by atoms with Gasteiger partial charge in [-0.05, 0) is 153 Å². The lowest BCUT2D eigenvalue weighted by Crippen LogP contribution is -2.62. The van der Waals surface area contributed by atoms with Crippen molar-refractivity contribution in [1.82, 2.24) is 0 Å². The maximum Gasteiger partial charge on any atom is 0.248 e. The SMILES string of the molecule is Cc1cc(C)c(B2c3cc4cc(C(C)(C)C)ccc4cc3N3c4cc5ccccc5c5c4N(c4cc6ccc(C(C)(C)C)cc6cc4B5c4c(C)cc(C)cc4C)c4cc5ccccc5c2c43)c(C)c1. The summed E-state index contributed by atoms with van der Waals surface area (Å²) in [4.78, 5) is 5.43. The molecule has 2 nitrogen and oxygen atoms in total. The molecule has 0 bridgehead atoms. The third kappa shape index (κ3) is 6.14. The Balaban J connectivity index is 1.24. The summed E-state index contributed by atoms with van der Waals surface area (Å²) in [5.74, 6) is 0. The van der Waals surface area contributed by atoms with Gasteiger partial charge < -0.3 is 9.80 Å². The summed E-state index contributed by atoms with van der Waals surface area (Å²) in [6.07, 6.45) is 0. The Morgan fingerprint density at radius 3 is 1.06 bits per heavy atom. The second kappa shape index (κ2) is 14.8. The topological polar surface area (TPSA) is 6.48 Å². The van der Waals surface area contributed by atoms with Crippen molar-refractivity contribution in [1.29, 1.82) is 0 Å². The molecule has 10 aromatic rings. The fraction of sp³-hybridized carbons (Fsp3) is 0.212. The summed E-state index contributed by atoms with van der Waals surface area (Å²) in [6.45, 7) is 27.8. The van der Waals surface area contributed by atoms with Crippen molar-refractivity contribution in [2.75, 3.05) is 9.80 Å². The van der Waals surface area contributed by atoms with Crippen LogP contribution >= 0.6 is 0 Å². The van der Waals surface area contributed by atoms with Crippen LogP contribution in [0.5, 0.6) is 0 Å². The van der Waals surface area contributed by atoms with E-state index in [0.29, 0.717) is 0 Å². The fourth-order valence-electron chi connectivity index (χ4n) is 13.4. The minimum atomic E-state index is -0.0156. The van der Waals surface area contributed by atoms with E-state index in [1.165, 1.54) is 154 Å². The van der Waals surface area contributed by atoms with Gasteiger partial charge in [0.15, 0.2) is 0 Å². The minimum Gasteiger partial charge on any atom is -0.307 e. The molecule has 340 valence electrons. The Morgan fingerprint density at radius 2 is 0.686 bits per heavy atom. The standard InChI is InChI=1S/C66H60B2N2/c1-37-25-39(3)59(40(4)26-37)67-53-31-47-29-49(65(7,8)9)23-21-43(47)33-55(53)69-58-36-46-18-14-16-20-52(46)62-64(58)70(57-35-45-17-13-15-19-51(45)61(67)63(57)69)56-34-44-22-24-50(66(10,11)12)30-48(44)32-54(56)68(62)60-41(5)27-38(2)28-42(60)6/h13-36H,1-12H3. The quantitative estimate of drug-likeness (QED) is 0.160. The number of hydrogen-bond acceptors (Lipinski definition) is 2. The third-order valence-corrected chi connectivity index (χ3v) is 16.4. The molecule has 10 aromatic carbocycles. The first-order valence-electron chi connectivity index (χ1n) is 25.5. The lowest BCUT2D eigenvalue weighted by atomic mass is 9.32. The smallest absolute Gasteiger partial charge is 0.248 e. The van der Waals surface area contributed by atoms with Gasteiger partial charge in [-0.1, -0.05) is 207 Å². The van der Waals surface area contributed by atoms with E-state index in [0.717, 1.165) is 0 Å². The van der Waals surface area contributed by atoms with Gasteiger partial charge in [0.2, 0.25) is 13.4 Å². The van der Waals surface area contributed by atoms with Crippen molar-refractivity contribution in [3.63, 3.8) is 0 Å². The Morgan fingerprint density at radius 1 is 0.329 bits per heavy atom. The molecule has 0 spiro atoms. The van der Waals surface area contributed by atoms with Crippen molar-refractivity contribution in [3.05, 3.63) is 190 Å². The monoisotopic (exact) mass is 902 g/mol. The van der Waals surface area contributed by atoms with Gasteiger partial charge in [-0.2, -0.15) is 0 Å². The highest BCUT2D eigenvalue weighted by Crippen LogP contribution is 2.57. The second-order valence-electron chi connectivity index (χ2n) is 23.4. The Kier molecular flexibility index (Phi) is 9.07. The van der Waals surface area contributed by atoms with Gasteiger partial charge in [0.05, 0.1) is 22.7 Å². The number of hydrogen-bond donors (Lipinski definition) is 0. The van der Waals surface area contributed by atoms with Gasteiger partial charge in [-0.3, -0.25) is 0 Å². The normalized spacial score (nSPS) is 13.9. The average molecular weight is 903 g/mol. The maximum atomic E-state index is 2.72. The van der Waals surface area contributed by atoms with Crippen molar-refractivity contribution in [3.8, 4) is 0 Å².